The average molecular weight is 1090 g/mol. The smallest absolute Gasteiger partial charge is 0.374 e. The van der Waals surface area contributed by atoms with E-state index in [9.17, 15) is 105 Å². The Hall–Kier alpha value is -1.84. The van der Waals surface area contributed by atoms with Crippen LogP contribution in [0.5, 0.6) is 0 Å². The molecule has 0 atom stereocenters. The van der Waals surface area contributed by atoms with Crippen molar-refractivity contribution in [2.75, 3.05) is 0 Å². The van der Waals surface area contributed by atoms with Crippen molar-refractivity contribution in [3.63, 3.8) is 0 Å². The van der Waals surface area contributed by atoms with Crippen LogP contribution in [0.15, 0.2) is 0 Å². The summed E-state index contributed by atoms with van der Waals surface area (Å²) in [6.07, 6.45) is -14.2. The van der Waals surface area contributed by atoms with Crippen molar-refractivity contribution in [1.29, 1.82) is 0 Å². The van der Waals surface area contributed by atoms with Gasteiger partial charge in [-0.1, -0.05) is 128 Å². The van der Waals surface area contributed by atoms with Crippen molar-refractivity contribution in [3.05, 3.63) is 0 Å². The van der Waals surface area contributed by atoms with E-state index in [1.165, 1.54) is 25.7 Å². The summed E-state index contributed by atoms with van der Waals surface area (Å²) < 4.78 is 273. The molecule has 0 amide bonds. The fourth-order valence-electron chi connectivity index (χ4n) is 8.75. The normalized spacial score (nSPS) is 20.3. The molecule has 70 heavy (non-hydrogen) atoms. The molecule has 0 bridgehead atoms. The molecule has 4 nitrogen and oxygen atoms in total. The van der Waals surface area contributed by atoms with Gasteiger partial charge in [0.05, 0.1) is 0 Å². The van der Waals surface area contributed by atoms with Gasteiger partial charge in [-0.05, 0) is 63.2 Å². The lowest BCUT2D eigenvalue weighted by molar-refractivity contribution is -0.361. The van der Waals surface area contributed by atoms with Gasteiger partial charge in [-0.2, -0.15) is 105 Å². The van der Waals surface area contributed by atoms with Crippen LogP contribution in [0, 0.1) is 35.5 Å². The SMILES string of the molecule is C1CCC(C(C2CCCCC2)C(C2CCCCC2)C2CCCCC2)CC1.CC(O)(C(F)(F)F)C(F)(F)F.CC(O)(C(F)(F)F)C(F)(F)F.CC(O)(C(F)(F)F)C(F)(F)F.CC(O)(C(F)(F)F)C(F)(F)F. The van der Waals surface area contributed by atoms with Gasteiger partial charge in [0, 0.05) is 0 Å². The van der Waals surface area contributed by atoms with Crippen LogP contribution in [0.25, 0.3) is 0 Å². The highest BCUT2D eigenvalue weighted by Crippen LogP contribution is 2.53. The number of rotatable bonds is 5. The van der Waals surface area contributed by atoms with Crippen LogP contribution in [0.1, 0.15) is 156 Å². The molecule has 4 saturated carbocycles. The first kappa shape index (κ1) is 68.2. The molecular formula is C42H62F24O4. The van der Waals surface area contributed by atoms with Gasteiger partial charge in [0.1, 0.15) is 0 Å². The van der Waals surface area contributed by atoms with Gasteiger partial charge in [0.25, 0.3) is 22.4 Å². The van der Waals surface area contributed by atoms with E-state index in [0.717, 1.165) is 35.5 Å². The van der Waals surface area contributed by atoms with Crippen molar-refractivity contribution < 1.29 is 126 Å². The first-order chi connectivity index (χ1) is 30.9. The molecule has 422 valence electrons. The van der Waals surface area contributed by atoms with Gasteiger partial charge in [-0.3, -0.25) is 0 Å². The lowest BCUT2D eigenvalue weighted by Crippen LogP contribution is -2.54. The third-order valence-electron chi connectivity index (χ3n) is 13.6. The van der Waals surface area contributed by atoms with E-state index in [0.29, 0.717) is 0 Å². The second-order valence-corrected chi connectivity index (χ2v) is 19.0. The highest BCUT2D eigenvalue weighted by Gasteiger charge is 2.69. The maximum absolute atomic E-state index is 11.4. The Labute approximate surface area is 389 Å². The molecule has 0 aromatic heterocycles. The fourth-order valence-corrected chi connectivity index (χ4v) is 8.75. The zero-order valence-electron chi connectivity index (χ0n) is 38.5. The Balaban J connectivity index is 0.000000923. The monoisotopic (exact) mass is 1090 g/mol. The molecule has 4 aliphatic rings. The quantitative estimate of drug-likeness (QED) is 0.207. The zero-order valence-corrected chi connectivity index (χ0v) is 38.5. The molecule has 0 aromatic carbocycles. The third-order valence-corrected chi connectivity index (χ3v) is 13.6. The summed E-state index contributed by atoms with van der Waals surface area (Å²) in [6.45, 7) is -1.36. The Morgan fingerprint density at radius 1 is 0.229 bits per heavy atom. The van der Waals surface area contributed by atoms with Gasteiger partial charge >= 0.3 is 49.4 Å². The molecule has 4 fully saturated rings. The summed E-state index contributed by atoms with van der Waals surface area (Å²) in [4.78, 5) is 0. The average Bonchev–Trinajstić information content (AvgIpc) is 3.19. The largest absolute Gasteiger partial charge is 0.425 e. The van der Waals surface area contributed by atoms with Crippen molar-refractivity contribution in [1.82, 2.24) is 0 Å². The van der Waals surface area contributed by atoms with Crippen LogP contribution >= 0.6 is 0 Å². The molecule has 4 N–H and O–H groups in total. The number of halogens is 24. The predicted octanol–water partition coefficient (Wildman–Crippen LogP) is 16.0. The maximum Gasteiger partial charge on any atom is 0.425 e. The molecule has 0 radical (unpaired) electrons. The summed E-state index contributed by atoms with van der Waals surface area (Å²) >= 11 is 0. The molecule has 0 unspecified atom stereocenters. The van der Waals surface area contributed by atoms with Crippen LogP contribution in [0.3, 0.4) is 0 Å². The fraction of sp³-hybridized carbons (Fsp3) is 1.00. The molecule has 0 saturated heterocycles. The third kappa shape index (κ3) is 18.8. The summed E-state index contributed by atoms with van der Waals surface area (Å²) in [5.41, 5.74) is -18.5. The highest BCUT2D eigenvalue weighted by atomic mass is 19.4. The minimum Gasteiger partial charge on any atom is -0.374 e. The zero-order chi connectivity index (χ0) is 55.6. The molecule has 4 aliphatic carbocycles. The van der Waals surface area contributed by atoms with Crippen LogP contribution in [0.4, 0.5) is 105 Å². The molecule has 0 aromatic rings. The van der Waals surface area contributed by atoms with Gasteiger partial charge in [0.2, 0.25) is 0 Å². The Kier molecular flexibility index (Phi) is 24.5. The lowest BCUT2D eigenvalue weighted by Gasteiger charge is -2.50. The standard InChI is InChI=1S/C26H46.4C4H4F6O/c1-5-13-21(14-6-1)25(22-15-7-2-8-16-22)26(23-17-9-3-10-18-23)24-19-11-4-12-20-24;4*1-2(11,3(5,6)7)4(8,9)10/h21-26H,1-20H2;4*11H,1H3. The summed E-state index contributed by atoms with van der Waals surface area (Å²) in [7, 11) is 0. The molecule has 4 rings (SSSR count). The van der Waals surface area contributed by atoms with Crippen LogP contribution in [0.2, 0.25) is 0 Å². The second kappa shape index (κ2) is 25.1. The number of hydrogen-bond donors (Lipinski definition) is 4. The van der Waals surface area contributed by atoms with E-state index in [1.54, 1.807) is 103 Å². The molecule has 0 aliphatic heterocycles. The molecular weight excluding hydrogens is 1020 g/mol. The van der Waals surface area contributed by atoms with Crippen LogP contribution in [-0.4, -0.2) is 92.2 Å². The Morgan fingerprint density at radius 3 is 0.400 bits per heavy atom. The van der Waals surface area contributed by atoms with E-state index >= 15 is 0 Å². The lowest BCUT2D eigenvalue weighted by atomic mass is 9.56. The molecule has 0 heterocycles. The highest BCUT2D eigenvalue weighted by molar-refractivity contribution is 4.94. The second-order valence-electron chi connectivity index (χ2n) is 19.0. The van der Waals surface area contributed by atoms with Crippen molar-refractivity contribution in [3.8, 4) is 0 Å². The van der Waals surface area contributed by atoms with E-state index in [2.05, 4.69) is 0 Å². The van der Waals surface area contributed by atoms with Crippen molar-refractivity contribution >= 4 is 0 Å². The van der Waals surface area contributed by atoms with Gasteiger partial charge in [-0.25, -0.2) is 0 Å². The number of alkyl halides is 24. The van der Waals surface area contributed by atoms with Gasteiger partial charge in [-0.15, -0.1) is 0 Å². The first-order valence-electron chi connectivity index (χ1n) is 22.4. The summed E-state index contributed by atoms with van der Waals surface area (Å²) in [5, 5.41) is 31.8. The van der Waals surface area contributed by atoms with Crippen LogP contribution < -0.4 is 0 Å². The number of aliphatic hydroxyl groups is 4. The molecule has 28 heteroatoms. The minimum absolute atomic E-state index is 0.340. The van der Waals surface area contributed by atoms with E-state index < -0.39 is 71.8 Å². The van der Waals surface area contributed by atoms with E-state index in [-0.39, 0.29) is 27.7 Å². The molecule has 0 spiro atoms. The summed E-state index contributed by atoms with van der Waals surface area (Å²) in [5.74, 6) is 6.70. The van der Waals surface area contributed by atoms with Gasteiger partial charge < -0.3 is 20.4 Å². The topological polar surface area (TPSA) is 80.9 Å². The van der Waals surface area contributed by atoms with E-state index in [4.69, 9.17) is 20.4 Å². The first-order valence-corrected chi connectivity index (χ1v) is 22.4. The van der Waals surface area contributed by atoms with Crippen molar-refractivity contribution in [2.24, 2.45) is 35.5 Å². The predicted molar refractivity (Wildman–Crippen MR) is 204 cm³/mol. The van der Waals surface area contributed by atoms with E-state index in [1.807, 2.05) is 0 Å². The number of hydrogen-bond acceptors (Lipinski definition) is 4. The summed E-state index contributed by atoms with van der Waals surface area (Å²) in [6, 6.07) is 0. The van der Waals surface area contributed by atoms with Crippen molar-refractivity contribution in [2.45, 2.75) is 228 Å². The maximum atomic E-state index is 11.4. The van der Waals surface area contributed by atoms with Crippen LogP contribution in [-0.2, 0) is 0 Å². The van der Waals surface area contributed by atoms with Gasteiger partial charge in [0.15, 0.2) is 0 Å². The Bertz CT molecular complexity index is 1180. The Morgan fingerprint density at radius 2 is 0.329 bits per heavy atom. The minimum atomic E-state index is -5.69.